The van der Waals surface area contributed by atoms with Gasteiger partial charge in [0.25, 0.3) is 5.56 Å². The van der Waals surface area contributed by atoms with Crippen molar-refractivity contribution in [3.05, 3.63) is 69.8 Å². The van der Waals surface area contributed by atoms with Gasteiger partial charge >= 0.3 is 0 Å². The average Bonchev–Trinajstić information content (AvgIpc) is 2.47. The molecule has 0 aliphatic heterocycles. The molecule has 1 heterocycles. The maximum absolute atomic E-state index is 12.8. The van der Waals surface area contributed by atoms with Gasteiger partial charge in [0, 0.05) is 6.54 Å². The molecule has 0 amide bonds. The van der Waals surface area contributed by atoms with Crippen LogP contribution in [-0.2, 0) is 6.54 Å². The lowest BCUT2D eigenvalue weighted by atomic mass is 10.2. The number of hydrogen-bond donors (Lipinski definition) is 2. The van der Waals surface area contributed by atoms with Crippen molar-refractivity contribution in [2.45, 2.75) is 13.5 Å². The van der Waals surface area contributed by atoms with Crippen LogP contribution in [0.1, 0.15) is 11.1 Å². The molecule has 2 aromatic carbocycles. The largest absolute Gasteiger partial charge is 0.352 e. The van der Waals surface area contributed by atoms with E-state index in [1.165, 1.54) is 12.1 Å². The van der Waals surface area contributed by atoms with Crippen LogP contribution in [-0.4, -0.2) is 9.97 Å². The molecule has 21 heavy (non-hydrogen) atoms. The van der Waals surface area contributed by atoms with Crippen LogP contribution in [0.2, 0.25) is 0 Å². The number of benzene rings is 2. The first-order valence-electron chi connectivity index (χ1n) is 6.61. The van der Waals surface area contributed by atoms with E-state index >= 15 is 0 Å². The Morgan fingerprint density at radius 2 is 1.95 bits per heavy atom. The van der Waals surface area contributed by atoms with Crippen molar-refractivity contribution in [3.63, 3.8) is 0 Å². The molecule has 0 saturated carbocycles. The summed E-state index contributed by atoms with van der Waals surface area (Å²) in [5.41, 5.74) is 2.39. The van der Waals surface area contributed by atoms with Gasteiger partial charge in [0.2, 0.25) is 5.95 Å². The molecule has 106 valence electrons. The summed E-state index contributed by atoms with van der Waals surface area (Å²) in [6, 6.07) is 11.7. The molecule has 0 bridgehead atoms. The summed E-state index contributed by atoms with van der Waals surface area (Å²) >= 11 is 0. The molecule has 2 N–H and O–H groups in total. The second-order valence-electron chi connectivity index (χ2n) is 4.92. The molecule has 5 heteroatoms. The van der Waals surface area contributed by atoms with Crippen molar-refractivity contribution >= 4 is 16.9 Å². The summed E-state index contributed by atoms with van der Waals surface area (Å²) in [5, 5.41) is 3.61. The van der Waals surface area contributed by atoms with Crippen LogP contribution >= 0.6 is 0 Å². The van der Waals surface area contributed by atoms with Crippen molar-refractivity contribution < 1.29 is 4.39 Å². The van der Waals surface area contributed by atoms with Gasteiger partial charge < -0.3 is 5.32 Å². The number of fused-ring (bicyclic) bond motifs is 1. The molecule has 0 aliphatic carbocycles. The third kappa shape index (κ3) is 2.91. The highest BCUT2D eigenvalue weighted by Crippen LogP contribution is 2.12. The zero-order chi connectivity index (χ0) is 14.8. The number of nitrogens with zero attached hydrogens (tertiary/aromatic N) is 1. The zero-order valence-electron chi connectivity index (χ0n) is 11.5. The lowest BCUT2D eigenvalue weighted by Gasteiger charge is -2.07. The van der Waals surface area contributed by atoms with Crippen molar-refractivity contribution in [1.29, 1.82) is 0 Å². The molecular formula is C16H14FN3O. The number of aromatic amines is 1. The van der Waals surface area contributed by atoms with Crippen LogP contribution in [0.25, 0.3) is 10.9 Å². The van der Waals surface area contributed by atoms with E-state index in [0.717, 1.165) is 11.1 Å². The van der Waals surface area contributed by atoms with Gasteiger partial charge in [-0.1, -0.05) is 23.8 Å². The molecule has 0 saturated heterocycles. The van der Waals surface area contributed by atoms with E-state index in [1.807, 2.05) is 25.1 Å². The molecule has 3 aromatic rings. The Hall–Kier alpha value is -2.69. The van der Waals surface area contributed by atoms with Crippen LogP contribution < -0.4 is 10.9 Å². The molecule has 0 spiro atoms. The quantitative estimate of drug-likeness (QED) is 0.777. The summed E-state index contributed by atoms with van der Waals surface area (Å²) in [7, 11) is 0. The molecule has 0 unspecified atom stereocenters. The van der Waals surface area contributed by atoms with Crippen LogP contribution in [0.5, 0.6) is 0 Å². The Bertz CT molecular complexity index is 840. The highest BCUT2D eigenvalue weighted by Gasteiger charge is 2.04. The summed E-state index contributed by atoms with van der Waals surface area (Å²) in [6.07, 6.45) is 0. The first-order valence-corrected chi connectivity index (χ1v) is 6.61. The fourth-order valence-corrected chi connectivity index (χ4v) is 2.12. The Labute approximate surface area is 120 Å². The Morgan fingerprint density at radius 3 is 2.71 bits per heavy atom. The smallest absolute Gasteiger partial charge is 0.260 e. The maximum Gasteiger partial charge on any atom is 0.260 e. The number of anilines is 1. The van der Waals surface area contributed by atoms with E-state index in [9.17, 15) is 9.18 Å². The maximum atomic E-state index is 12.8. The van der Waals surface area contributed by atoms with Crippen molar-refractivity contribution in [2.75, 3.05) is 5.32 Å². The van der Waals surface area contributed by atoms with E-state index < -0.39 is 0 Å². The van der Waals surface area contributed by atoms with Gasteiger partial charge in [0.1, 0.15) is 5.82 Å². The minimum Gasteiger partial charge on any atom is -0.352 e. The number of hydrogen-bond acceptors (Lipinski definition) is 3. The highest BCUT2D eigenvalue weighted by atomic mass is 19.1. The Balaban J connectivity index is 1.86. The number of halogens is 1. The second kappa shape index (κ2) is 5.36. The van der Waals surface area contributed by atoms with Crippen LogP contribution in [0.4, 0.5) is 10.3 Å². The number of H-pyrrole nitrogens is 1. The van der Waals surface area contributed by atoms with Crippen molar-refractivity contribution in [1.82, 2.24) is 9.97 Å². The number of aromatic nitrogens is 2. The summed E-state index contributed by atoms with van der Waals surface area (Å²) in [5.74, 6) is 0.132. The Kier molecular flexibility index (Phi) is 3.39. The van der Waals surface area contributed by atoms with Crippen LogP contribution in [0.15, 0.2) is 47.3 Å². The minimum atomic E-state index is -0.272. The molecule has 4 nitrogen and oxygen atoms in total. The lowest BCUT2D eigenvalue weighted by molar-refractivity contribution is 0.627. The highest BCUT2D eigenvalue weighted by molar-refractivity contribution is 5.79. The lowest BCUT2D eigenvalue weighted by Crippen LogP contribution is -2.13. The van der Waals surface area contributed by atoms with Gasteiger partial charge in [-0.15, -0.1) is 0 Å². The van der Waals surface area contributed by atoms with E-state index in [-0.39, 0.29) is 11.4 Å². The number of rotatable bonds is 3. The molecule has 0 atom stereocenters. The monoisotopic (exact) mass is 283 g/mol. The molecule has 0 fully saturated rings. The molecule has 0 radical (unpaired) electrons. The second-order valence-corrected chi connectivity index (χ2v) is 4.92. The summed E-state index contributed by atoms with van der Waals surface area (Å²) in [6.45, 7) is 2.39. The Morgan fingerprint density at radius 1 is 1.19 bits per heavy atom. The normalized spacial score (nSPS) is 10.8. The third-order valence-electron chi connectivity index (χ3n) is 3.23. The molecule has 3 rings (SSSR count). The third-order valence-corrected chi connectivity index (χ3v) is 3.23. The van der Waals surface area contributed by atoms with E-state index in [2.05, 4.69) is 15.3 Å². The average molecular weight is 283 g/mol. The van der Waals surface area contributed by atoms with E-state index in [1.54, 1.807) is 12.1 Å². The molecular weight excluding hydrogens is 269 g/mol. The van der Waals surface area contributed by atoms with Gasteiger partial charge in [-0.25, -0.2) is 9.37 Å². The number of nitrogens with one attached hydrogen (secondary N) is 2. The summed E-state index contributed by atoms with van der Waals surface area (Å²) in [4.78, 5) is 19.1. The van der Waals surface area contributed by atoms with Gasteiger partial charge in [0.05, 0.1) is 10.9 Å². The van der Waals surface area contributed by atoms with Crippen LogP contribution in [0.3, 0.4) is 0 Å². The van der Waals surface area contributed by atoms with E-state index in [0.29, 0.717) is 23.4 Å². The van der Waals surface area contributed by atoms with Gasteiger partial charge in [0.15, 0.2) is 0 Å². The van der Waals surface area contributed by atoms with Crippen molar-refractivity contribution in [2.24, 2.45) is 0 Å². The fourth-order valence-electron chi connectivity index (χ4n) is 2.12. The number of aryl methyl sites for hydroxylation is 1. The van der Waals surface area contributed by atoms with Gasteiger partial charge in [-0.3, -0.25) is 9.78 Å². The minimum absolute atomic E-state index is 0.176. The SMILES string of the molecule is Cc1ccc2nc(NCc3ccc(F)cc3)[nH]c(=O)c2c1. The molecule has 1 aromatic heterocycles. The van der Waals surface area contributed by atoms with Gasteiger partial charge in [-0.2, -0.15) is 0 Å². The van der Waals surface area contributed by atoms with Crippen molar-refractivity contribution in [3.8, 4) is 0 Å². The fraction of sp³-hybridized carbons (Fsp3) is 0.125. The first-order chi connectivity index (χ1) is 10.1. The predicted octanol–water partition coefficient (Wildman–Crippen LogP) is 2.98. The zero-order valence-corrected chi connectivity index (χ0v) is 11.5. The first kappa shape index (κ1) is 13.3. The standard InChI is InChI=1S/C16H14FN3O/c1-10-2-7-14-13(8-10)15(21)20-16(19-14)18-9-11-3-5-12(17)6-4-11/h2-8H,9H2,1H3,(H2,18,19,20,21). The van der Waals surface area contributed by atoms with Gasteiger partial charge in [-0.05, 0) is 36.8 Å². The predicted molar refractivity (Wildman–Crippen MR) is 80.8 cm³/mol. The summed E-state index contributed by atoms with van der Waals surface area (Å²) < 4.78 is 12.8. The van der Waals surface area contributed by atoms with E-state index in [4.69, 9.17) is 0 Å². The van der Waals surface area contributed by atoms with Crippen LogP contribution in [0, 0.1) is 12.7 Å². The topological polar surface area (TPSA) is 57.8 Å². The molecule has 0 aliphatic rings.